The Balaban J connectivity index is 2.13. The number of rotatable bonds is 1. The third kappa shape index (κ3) is 1.37. The summed E-state index contributed by atoms with van der Waals surface area (Å²) in [6, 6.07) is 7.30. The molecular formula is C11H10N2O3. The van der Waals surface area contributed by atoms with E-state index in [1.165, 1.54) is 0 Å². The van der Waals surface area contributed by atoms with Crippen molar-refractivity contribution in [3.63, 3.8) is 0 Å². The molecule has 1 aromatic heterocycles. The lowest BCUT2D eigenvalue weighted by atomic mass is 10.1. The number of ether oxygens (including phenoxy) is 2. The van der Waals surface area contributed by atoms with Crippen LogP contribution in [-0.2, 0) is 0 Å². The molecule has 2 heterocycles. The fourth-order valence-electron chi connectivity index (χ4n) is 1.69. The number of nitrogen functional groups attached to an aromatic ring is 1. The average Bonchev–Trinajstić information content (AvgIpc) is 2.75. The predicted octanol–water partition coefficient (Wildman–Crippen LogP) is 1.69. The Morgan fingerprint density at radius 1 is 1.19 bits per heavy atom. The summed E-state index contributed by atoms with van der Waals surface area (Å²) < 4.78 is 15.9. The summed E-state index contributed by atoms with van der Waals surface area (Å²) in [6.45, 7) is 1.11. The van der Waals surface area contributed by atoms with Gasteiger partial charge in [-0.2, -0.15) is 0 Å². The molecule has 0 bridgehead atoms. The van der Waals surface area contributed by atoms with Crippen molar-refractivity contribution in [1.29, 1.82) is 0 Å². The smallest absolute Gasteiger partial charge is 0.222 e. The lowest BCUT2D eigenvalue weighted by Crippen LogP contribution is -2.15. The van der Waals surface area contributed by atoms with Crippen molar-refractivity contribution >= 4 is 5.88 Å². The van der Waals surface area contributed by atoms with Crippen molar-refractivity contribution in [2.45, 2.75) is 0 Å². The quantitative estimate of drug-likeness (QED) is 0.788. The van der Waals surface area contributed by atoms with Crippen LogP contribution in [0.2, 0.25) is 0 Å². The van der Waals surface area contributed by atoms with E-state index < -0.39 is 0 Å². The zero-order valence-electron chi connectivity index (χ0n) is 8.47. The summed E-state index contributed by atoms with van der Waals surface area (Å²) in [6.07, 6.45) is 0. The Hall–Kier alpha value is -2.17. The number of anilines is 1. The number of nitrogens with zero attached hydrogens (tertiary/aromatic N) is 1. The van der Waals surface area contributed by atoms with Gasteiger partial charge in [0.1, 0.15) is 18.9 Å². The van der Waals surface area contributed by atoms with Gasteiger partial charge in [0.2, 0.25) is 5.88 Å². The number of benzene rings is 1. The van der Waals surface area contributed by atoms with E-state index in [4.69, 9.17) is 19.7 Å². The fraction of sp³-hybridized carbons (Fsp3) is 0.182. The van der Waals surface area contributed by atoms with Gasteiger partial charge in [-0.25, -0.2) is 0 Å². The first-order chi connectivity index (χ1) is 7.84. The molecule has 0 atom stereocenters. The molecule has 2 aromatic rings. The van der Waals surface area contributed by atoms with Crippen molar-refractivity contribution in [3.8, 4) is 22.8 Å². The van der Waals surface area contributed by atoms with Crippen molar-refractivity contribution in [1.82, 2.24) is 5.16 Å². The first kappa shape index (κ1) is 9.08. The highest BCUT2D eigenvalue weighted by Gasteiger charge is 2.18. The van der Waals surface area contributed by atoms with Crippen LogP contribution in [0.1, 0.15) is 0 Å². The molecule has 0 saturated heterocycles. The molecule has 1 aliphatic rings. The van der Waals surface area contributed by atoms with Crippen LogP contribution in [-0.4, -0.2) is 18.4 Å². The molecule has 5 heteroatoms. The summed E-state index contributed by atoms with van der Waals surface area (Å²) in [4.78, 5) is 0. The maximum atomic E-state index is 5.57. The van der Waals surface area contributed by atoms with Crippen molar-refractivity contribution in [2.24, 2.45) is 0 Å². The van der Waals surface area contributed by atoms with Gasteiger partial charge < -0.3 is 19.7 Å². The maximum Gasteiger partial charge on any atom is 0.222 e. The molecule has 0 fully saturated rings. The van der Waals surface area contributed by atoms with E-state index in [0.29, 0.717) is 24.7 Å². The molecule has 0 spiro atoms. The topological polar surface area (TPSA) is 70.5 Å². The Labute approximate surface area is 91.7 Å². The molecule has 1 aliphatic heterocycles. The van der Waals surface area contributed by atoms with Crippen LogP contribution >= 0.6 is 0 Å². The lowest BCUT2D eigenvalue weighted by molar-refractivity contribution is 0.172. The molecule has 16 heavy (non-hydrogen) atoms. The highest BCUT2D eigenvalue weighted by atomic mass is 16.6. The van der Waals surface area contributed by atoms with E-state index >= 15 is 0 Å². The van der Waals surface area contributed by atoms with Gasteiger partial charge in [0.15, 0.2) is 11.5 Å². The molecule has 82 valence electrons. The third-order valence-electron chi connectivity index (χ3n) is 2.37. The Kier molecular flexibility index (Phi) is 1.96. The van der Waals surface area contributed by atoms with Gasteiger partial charge in [0.25, 0.3) is 0 Å². The van der Waals surface area contributed by atoms with Crippen LogP contribution in [0.25, 0.3) is 11.3 Å². The number of nitrogens with two attached hydrogens (primary N) is 1. The van der Waals surface area contributed by atoms with E-state index in [1.807, 2.05) is 18.2 Å². The second-order valence-corrected chi connectivity index (χ2v) is 3.44. The van der Waals surface area contributed by atoms with Gasteiger partial charge in [0.05, 0.1) is 0 Å². The van der Waals surface area contributed by atoms with Gasteiger partial charge >= 0.3 is 0 Å². The summed E-state index contributed by atoms with van der Waals surface area (Å²) in [5.41, 5.74) is 6.97. The molecule has 5 nitrogen and oxygen atoms in total. The van der Waals surface area contributed by atoms with Crippen LogP contribution in [0.5, 0.6) is 11.5 Å². The molecule has 3 rings (SSSR count). The number of hydrogen-bond donors (Lipinski definition) is 1. The highest BCUT2D eigenvalue weighted by Crippen LogP contribution is 2.39. The maximum absolute atomic E-state index is 5.57. The average molecular weight is 218 g/mol. The minimum absolute atomic E-state index is 0.282. The van der Waals surface area contributed by atoms with E-state index in [0.717, 1.165) is 11.3 Å². The second-order valence-electron chi connectivity index (χ2n) is 3.44. The van der Waals surface area contributed by atoms with Gasteiger partial charge in [0, 0.05) is 11.6 Å². The summed E-state index contributed by atoms with van der Waals surface area (Å²) >= 11 is 0. The largest absolute Gasteiger partial charge is 0.486 e. The van der Waals surface area contributed by atoms with E-state index in [-0.39, 0.29) is 5.88 Å². The Morgan fingerprint density at radius 2 is 2.06 bits per heavy atom. The van der Waals surface area contributed by atoms with Crippen LogP contribution in [0.3, 0.4) is 0 Å². The third-order valence-corrected chi connectivity index (χ3v) is 2.37. The Morgan fingerprint density at radius 3 is 2.88 bits per heavy atom. The highest BCUT2D eigenvalue weighted by molar-refractivity contribution is 5.72. The number of aromatic nitrogens is 1. The fourth-order valence-corrected chi connectivity index (χ4v) is 1.69. The van der Waals surface area contributed by atoms with Gasteiger partial charge in [-0.15, -0.1) is 0 Å². The molecule has 0 saturated carbocycles. The van der Waals surface area contributed by atoms with Crippen LogP contribution in [0.4, 0.5) is 5.88 Å². The number of hydrogen-bond acceptors (Lipinski definition) is 5. The molecule has 0 aliphatic carbocycles. The van der Waals surface area contributed by atoms with Gasteiger partial charge in [-0.3, -0.25) is 0 Å². The lowest BCUT2D eigenvalue weighted by Gasteiger charge is -2.19. The zero-order valence-corrected chi connectivity index (χ0v) is 8.47. The van der Waals surface area contributed by atoms with E-state index in [1.54, 1.807) is 6.07 Å². The van der Waals surface area contributed by atoms with Crippen molar-refractivity contribution < 1.29 is 14.0 Å². The van der Waals surface area contributed by atoms with Crippen molar-refractivity contribution in [3.05, 3.63) is 24.3 Å². The zero-order chi connectivity index (χ0) is 11.0. The first-order valence-electron chi connectivity index (χ1n) is 4.96. The standard InChI is InChI=1S/C11H10N2O3/c12-10-6-8(13-16-10)7-2-1-3-9-11(7)15-5-4-14-9/h1-3,6H,4-5,12H2. The van der Waals surface area contributed by atoms with Crippen LogP contribution in [0, 0.1) is 0 Å². The van der Waals surface area contributed by atoms with E-state index in [9.17, 15) is 0 Å². The van der Waals surface area contributed by atoms with Crippen molar-refractivity contribution in [2.75, 3.05) is 18.9 Å². The van der Waals surface area contributed by atoms with Gasteiger partial charge in [-0.1, -0.05) is 11.2 Å². The molecule has 1 aromatic carbocycles. The predicted molar refractivity (Wildman–Crippen MR) is 57.3 cm³/mol. The summed E-state index contributed by atoms with van der Waals surface area (Å²) in [5, 5.41) is 3.86. The monoisotopic (exact) mass is 218 g/mol. The van der Waals surface area contributed by atoms with Crippen LogP contribution in [0.15, 0.2) is 28.8 Å². The first-order valence-corrected chi connectivity index (χ1v) is 4.96. The normalized spacial score (nSPS) is 13.8. The molecule has 0 amide bonds. The second kappa shape index (κ2) is 3.44. The molecule has 2 N–H and O–H groups in total. The Bertz CT molecular complexity index is 522. The van der Waals surface area contributed by atoms with Crippen LogP contribution < -0.4 is 15.2 Å². The van der Waals surface area contributed by atoms with E-state index in [2.05, 4.69) is 5.16 Å². The molecule has 0 radical (unpaired) electrons. The number of fused-ring (bicyclic) bond motifs is 1. The number of para-hydroxylation sites is 1. The molecule has 0 unspecified atom stereocenters. The summed E-state index contributed by atoms with van der Waals surface area (Å²) in [7, 11) is 0. The minimum Gasteiger partial charge on any atom is -0.486 e. The summed E-state index contributed by atoms with van der Waals surface area (Å²) in [5.74, 6) is 1.71. The van der Waals surface area contributed by atoms with Gasteiger partial charge in [-0.05, 0) is 12.1 Å². The molecular weight excluding hydrogens is 208 g/mol. The SMILES string of the molecule is Nc1cc(-c2cccc3c2OCCO3)no1. The minimum atomic E-state index is 0.282.